The van der Waals surface area contributed by atoms with E-state index in [4.69, 9.17) is 11.6 Å². The molecule has 1 aliphatic rings. The molecule has 6 nitrogen and oxygen atoms in total. The molecule has 16 heavy (non-hydrogen) atoms. The van der Waals surface area contributed by atoms with Crippen molar-refractivity contribution in [1.29, 1.82) is 0 Å². The monoisotopic (exact) mass is 243 g/mol. The first kappa shape index (κ1) is 10.7. The highest BCUT2D eigenvalue weighted by molar-refractivity contribution is 6.38. The van der Waals surface area contributed by atoms with Crippen LogP contribution < -0.4 is 0 Å². The Morgan fingerprint density at radius 1 is 1.31 bits per heavy atom. The number of carbonyl (C=O) groups is 2. The molecule has 1 aromatic rings. The summed E-state index contributed by atoms with van der Waals surface area (Å²) in [5, 5.41) is 18.7. The van der Waals surface area contributed by atoms with Gasteiger partial charge in [-0.15, -0.1) is 5.06 Å². The van der Waals surface area contributed by atoms with Crippen LogP contribution in [0.2, 0.25) is 5.02 Å². The number of carbonyl (C=O) groups excluding carboxylic acids is 2. The molecule has 0 unspecified atom stereocenters. The van der Waals surface area contributed by atoms with Gasteiger partial charge < -0.3 is 10.2 Å². The number of halogens is 1. The van der Waals surface area contributed by atoms with Crippen LogP contribution in [0.3, 0.4) is 0 Å². The molecule has 0 radical (unpaired) electrons. The minimum absolute atomic E-state index is 0.104. The van der Waals surface area contributed by atoms with Crippen molar-refractivity contribution < 1.29 is 24.6 Å². The Labute approximate surface area is 94.6 Å². The standard InChI is InChI=1S/C9H6ClNO5/c1-16-11-8(14)3-2-4(12)7(13)6(10)5(3)9(11)15/h2,12-13H,1H3. The van der Waals surface area contributed by atoms with E-state index >= 15 is 0 Å². The Bertz CT molecular complexity index is 513. The average molecular weight is 244 g/mol. The predicted molar refractivity (Wildman–Crippen MR) is 52.3 cm³/mol. The minimum Gasteiger partial charge on any atom is -0.504 e. The highest BCUT2D eigenvalue weighted by atomic mass is 35.5. The zero-order valence-corrected chi connectivity index (χ0v) is 8.78. The van der Waals surface area contributed by atoms with Crippen molar-refractivity contribution >= 4 is 23.4 Å². The van der Waals surface area contributed by atoms with E-state index in [9.17, 15) is 19.8 Å². The lowest BCUT2D eigenvalue weighted by Crippen LogP contribution is -2.28. The number of amides is 2. The molecular weight excluding hydrogens is 238 g/mol. The Morgan fingerprint density at radius 2 is 1.94 bits per heavy atom. The van der Waals surface area contributed by atoms with Crippen molar-refractivity contribution in [2.24, 2.45) is 0 Å². The number of hydroxylamine groups is 2. The third kappa shape index (κ3) is 1.17. The maximum Gasteiger partial charge on any atom is 0.287 e. The number of imide groups is 1. The third-order valence-corrected chi connectivity index (χ3v) is 2.58. The van der Waals surface area contributed by atoms with Crippen LogP contribution >= 0.6 is 11.6 Å². The van der Waals surface area contributed by atoms with E-state index in [1.165, 1.54) is 0 Å². The summed E-state index contributed by atoms with van der Waals surface area (Å²) in [5.41, 5.74) is -0.282. The molecule has 0 fully saturated rings. The fourth-order valence-electron chi connectivity index (χ4n) is 1.47. The van der Waals surface area contributed by atoms with Crippen LogP contribution in [0.5, 0.6) is 11.5 Å². The molecule has 7 heteroatoms. The van der Waals surface area contributed by atoms with E-state index < -0.39 is 23.3 Å². The molecule has 1 heterocycles. The summed E-state index contributed by atoms with van der Waals surface area (Å²) in [5.74, 6) is -2.72. The van der Waals surface area contributed by atoms with Gasteiger partial charge in [-0.25, -0.2) is 0 Å². The van der Waals surface area contributed by atoms with Gasteiger partial charge in [0.15, 0.2) is 11.5 Å². The van der Waals surface area contributed by atoms with Crippen LogP contribution in [0.15, 0.2) is 6.07 Å². The summed E-state index contributed by atoms with van der Waals surface area (Å²) in [6.45, 7) is 0. The predicted octanol–water partition coefficient (Wildman–Crippen LogP) is 0.909. The summed E-state index contributed by atoms with van der Waals surface area (Å²) in [7, 11) is 1.15. The molecule has 0 saturated carbocycles. The van der Waals surface area contributed by atoms with Crippen molar-refractivity contribution in [3.8, 4) is 11.5 Å². The lowest BCUT2D eigenvalue weighted by molar-refractivity contribution is -0.0645. The van der Waals surface area contributed by atoms with Gasteiger partial charge in [0.1, 0.15) is 0 Å². The van der Waals surface area contributed by atoms with Gasteiger partial charge in [-0.3, -0.25) is 14.4 Å². The van der Waals surface area contributed by atoms with Crippen LogP contribution in [0, 0.1) is 0 Å². The van der Waals surface area contributed by atoms with Crippen LogP contribution in [0.4, 0.5) is 0 Å². The van der Waals surface area contributed by atoms with Crippen molar-refractivity contribution in [2.75, 3.05) is 7.11 Å². The van der Waals surface area contributed by atoms with Crippen molar-refractivity contribution in [2.45, 2.75) is 0 Å². The van der Waals surface area contributed by atoms with Gasteiger partial charge in [-0.05, 0) is 6.07 Å². The van der Waals surface area contributed by atoms with Gasteiger partial charge in [0, 0.05) is 0 Å². The second kappa shape index (κ2) is 3.36. The number of aromatic hydroxyl groups is 2. The van der Waals surface area contributed by atoms with E-state index in [-0.39, 0.29) is 16.1 Å². The highest BCUT2D eigenvalue weighted by Crippen LogP contribution is 2.41. The van der Waals surface area contributed by atoms with Crippen LogP contribution in [-0.2, 0) is 4.84 Å². The first-order chi connectivity index (χ1) is 7.49. The van der Waals surface area contributed by atoms with E-state index in [0.717, 1.165) is 13.2 Å². The van der Waals surface area contributed by atoms with Crippen molar-refractivity contribution in [1.82, 2.24) is 5.06 Å². The Kier molecular flexibility index (Phi) is 2.25. The number of fused-ring (bicyclic) bond motifs is 1. The Morgan fingerprint density at radius 3 is 2.50 bits per heavy atom. The second-order valence-corrected chi connectivity index (χ2v) is 3.45. The number of phenolic OH excluding ortho intramolecular Hbond substituents is 2. The zero-order valence-electron chi connectivity index (χ0n) is 8.02. The Balaban J connectivity index is 2.73. The summed E-state index contributed by atoms with van der Waals surface area (Å²) in [6, 6.07) is 0.968. The molecule has 2 amide bonds. The molecule has 2 rings (SSSR count). The first-order valence-corrected chi connectivity index (χ1v) is 4.54. The zero-order chi connectivity index (χ0) is 12.0. The summed E-state index contributed by atoms with van der Waals surface area (Å²) in [6.07, 6.45) is 0. The quantitative estimate of drug-likeness (QED) is 0.565. The van der Waals surface area contributed by atoms with Crippen molar-refractivity contribution in [3.63, 3.8) is 0 Å². The molecule has 0 atom stereocenters. The number of hydrogen-bond donors (Lipinski definition) is 2. The lowest BCUT2D eigenvalue weighted by Gasteiger charge is -2.07. The number of rotatable bonds is 1. The molecule has 1 aromatic carbocycles. The van der Waals surface area contributed by atoms with Gasteiger partial charge in [-0.2, -0.15) is 0 Å². The van der Waals surface area contributed by atoms with Crippen LogP contribution in [0.1, 0.15) is 20.7 Å². The van der Waals surface area contributed by atoms with E-state index in [1.54, 1.807) is 0 Å². The molecular formula is C9H6ClNO5. The average Bonchev–Trinajstić information content (AvgIpc) is 2.48. The van der Waals surface area contributed by atoms with Crippen molar-refractivity contribution in [3.05, 3.63) is 22.2 Å². The second-order valence-electron chi connectivity index (χ2n) is 3.07. The summed E-state index contributed by atoms with van der Waals surface area (Å²) in [4.78, 5) is 27.8. The fourth-order valence-corrected chi connectivity index (χ4v) is 1.75. The summed E-state index contributed by atoms with van der Waals surface area (Å²) >= 11 is 5.66. The van der Waals surface area contributed by atoms with E-state index in [1.807, 2.05) is 0 Å². The Hall–Kier alpha value is -1.79. The topological polar surface area (TPSA) is 87.1 Å². The first-order valence-electron chi connectivity index (χ1n) is 4.16. The molecule has 0 bridgehead atoms. The number of nitrogens with zero attached hydrogens (tertiary/aromatic N) is 1. The molecule has 0 aliphatic carbocycles. The lowest BCUT2D eigenvalue weighted by atomic mass is 10.1. The molecule has 2 N–H and O–H groups in total. The van der Waals surface area contributed by atoms with Crippen LogP contribution in [0.25, 0.3) is 0 Å². The normalized spacial score (nSPS) is 14.5. The van der Waals surface area contributed by atoms with E-state index in [0.29, 0.717) is 5.06 Å². The molecule has 1 aliphatic heterocycles. The third-order valence-electron chi connectivity index (χ3n) is 2.22. The molecule has 0 aromatic heterocycles. The smallest absolute Gasteiger partial charge is 0.287 e. The minimum atomic E-state index is -0.775. The number of benzene rings is 1. The van der Waals surface area contributed by atoms with Gasteiger partial charge >= 0.3 is 0 Å². The van der Waals surface area contributed by atoms with Gasteiger partial charge in [-0.1, -0.05) is 11.6 Å². The maximum absolute atomic E-state index is 11.6. The fraction of sp³-hybridized carbons (Fsp3) is 0.111. The van der Waals surface area contributed by atoms with Gasteiger partial charge in [0.2, 0.25) is 0 Å². The van der Waals surface area contributed by atoms with E-state index in [2.05, 4.69) is 4.84 Å². The maximum atomic E-state index is 11.6. The number of phenols is 2. The SMILES string of the molecule is CON1C(=O)c2cc(O)c(O)c(Cl)c2C1=O. The van der Waals surface area contributed by atoms with Gasteiger partial charge in [0.25, 0.3) is 11.8 Å². The molecule has 0 saturated heterocycles. The van der Waals surface area contributed by atoms with Gasteiger partial charge in [0.05, 0.1) is 23.3 Å². The van der Waals surface area contributed by atoms with Crippen LogP contribution in [-0.4, -0.2) is 34.2 Å². The number of hydrogen-bond acceptors (Lipinski definition) is 5. The summed E-state index contributed by atoms with van der Waals surface area (Å²) < 4.78 is 0. The molecule has 84 valence electrons. The largest absolute Gasteiger partial charge is 0.504 e. The molecule has 0 spiro atoms. The highest BCUT2D eigenvalue weighted by Gasteiger charge is 2.40.